The van der Waals surface area contributed by atoms with E-state index in [1.165, 1.54) is 38.6 Å². The Labute approximate surface area is 114 Å². The first-order valence-electron chi connectivity index (χ1n) is 7.35. The lowest BCUT2D eigenvalue weighted by atomic mass is 10.1. The first-order chi connectivity index (χ1) is 8.33. The van der Waals surface area contributed by atoms with Gasteiger partial charge in [0.05, 0.1) is 27.7 Å². The molecular formula is C15H34NO2+. The zero-order valence-electron chi connectivity index (χ0n) is 13.2. The van der Waals surface area contributed by atoms with Gasteiger partial charge >= 0.3 is 5.97 Å². The molecule has 0 fully saturated rings. The average molecular weight is 260 g/mol. The fraction of sp³-hybridized carbons (Fsp3) is 0.933. The average Bonchev–Trinajstić information content (AvgIpc) is 2.25. The molecular weight excluding hydrogens is 226 g/mol. The molecule has 0 unspecified atom stereocenters. The van der Waals surface area contributed by atoms with E-state index in [-0.39, 0.29) is 0 Å². The lowest BCUT2D eigenvalue weighted by Crippen LogP contribution is -2.35. The number of nitrogens with zero attached hydrogens (tertiary/aromatic N) is 1. The number of carboxylic acid groups (broad SMARTS) is 1. The summed E-state index contributed by atoms with van der Waals surface area (Å²) in [7, 11) is 6.79. The third kappa shape index (κ3) is 24.6. The van der Waals surface area contributed by atoms with Crippen LogP contribution in [0.15, 0.2) is 0 Å². The molecule has 3 nitrogen and oxygen atoms in total. The molecule has 0 amide bonds. The van der Waals surface area contributed by atoms with Crippen LogP contribution in [0.5, 0.6) is 0 Å². The fourth-order valence-corrected chi connectivity index (χ4v) is 1.52. The number of hydrogen-bond acceptors (Lipinski definition) is 1. The molecule has 0 aromatic carbocycles. The van der Waals surface area contributed by atoms with E-state index in [0.29, 0.717) is 6.42 Å². The van der Waals surface area contributed by atoms with Gasteiger partial charge in [0.15, 0.2) is 0 Å². The lowest BCUT2D eigenvalue weighted by Gasteiger charge is -2.23. The summed E-state index contributed by atoms with van der Waals surface area (Å²) in [6, 6.07) is 0. The van der Waals surface area contributed by atoms with E-state index in [9.17, 15) is 4.79 Å². The summed E-state index contributed by atoms with van der Waals surface area (Å²) in [5.41, 5.74) is 0. The van der Waals surface area contributed by atoms with E-state index < -0.39 is 5.97 Å². The van der Waals surface area contributed by atoms with Crippen LogP contribution in [-0.4, -0.2) is 43.2 Å². The molecule has 3 heteroatoms. The van der Waals surface area contributed by atoms with Crippen LogP contribution >= 0.6 is 0 Å². The topological polar surface area (TPSA) is 37.3 Å². The van der Waals surface area contributed by atoms with Gasteiger partial charge in [0.25, 0.3) is 0 Å². The van der Waals surface area contributed by atoms with Crippen molar-refractivity contribution in [2.75, 3.05) is 27.7 Å². The number of quaternary nitrogens is 1. The molecule has 1 N–H and O–H groups in total. The van der Waals surface area contributed by atoms with E-state index >= 15 is 0 Å². The molecule has 0 radical (unpaired) electrons. The summed E-state index contributed by atoms with van der Waals surface area (Å²) >= 11 is 0. The van der Waals surface area contributed by atoms with E-state index in [1.54, 1.807) is 0 Å². The van der Waals surface area contributed by atoms with Crippen molar-refractivity contribution in [1.82, 2.24) is 0 Å². The van der Waals surface area contributed by atoms with Crippen LogP contribution in [0.4, 0.5) is 0 Å². The second-order valence-electron chi connectivity index (χ2n) is 5.93. The molecule has 0 atom stereocenters. The Balaban J connectivity index is 0. The van der Waals surface area contributed by atoms with Crippen LogP contribution in [0.2, 0.25) is 0 Å². The van der Waals surface area contributed by atoms with Crippen molar-refractivity contribution in [2.45, 2.75) is 65.2 Å². The lowest BCUT2D eigenvalue weighted by molar-refractivity contribution is -0.870. The summed E-state index contributed by atoms with van der Waals surface area (Å²) < 4.78 is 1.12. The Kier molecular flexibility index (Phi) is 14.1. The summed E-state index contributed by atoms with van der Waals surface area (Å²) in [6.07, 6.45) is 9.09. The van der Waals surface area contributed by atoms with Crippen molar-refractivity contribution >= 4 is 5.97 Å². The highest BCUT2D eigenvalue weighted by molar-refractivity contribution is 5.66. The largest absolute Gasteiger partial charge is 0.481 e. The third-order valence-corrected chi connectivity index (χ3v) is 2.68. The smallest absolute Gasteiger partial charge is 0.303 e. The van der Waals surface area contributed by atoms with Gasteiger partial charge in [-0.2, -0.15) is 0 Å². The van der Waals surface area contributed by atoms with Crippen molar-refractivity contribution < 1.29 is 14.4 Å². The van der Waals surface area contributed by atoms with Crippen LogP contribution in [0.3, 0.4) is 0 Å². The van der Waals surface area contributed by atoms with Gasteiger partial charge in [-0.05, 0) is 19.3 Å². The third-order valence-electron chi connectivity index (χ3n) is 2.68. The summed E-state index contributed by atoms with van der Waals surface area (Å²) in [4.78, 5) is 9.76. The van der Waals surface area contributed by atoms with Gasteiger partial charge in [-0.25, -0.2) is 0 Å². The molecule has 0 aliphatic heterocycles. The number of aliphatic carboxylic acids is 1. The van der Waals surface area contributed by atoms with Gasteiger partial charge in [-0.1, -0.05) is 39.5 Å². The molecule has 0 aromatic heterocycles. The zero-order chi connectivity index (χ0) is 14.4. The number of unbranched alkanes of at least 4 members (excludes halogenated alkanes) is 5. The van der Waals surface area contributed by atoms with Gasteiger partial charge in [0.1, 0.15) is 0 Å². The highest BCUT2D eigenvalue weighted by Gasteiger charge is 2.04. The number of rotatable bonds is 9. The van der Waals surface area contributed by atoms with Crippen molar-refractivity contribution in [3.05, 3.63) is 0 Å². The van der Waals surface area contributed by atoms with E-state index in [1.807, 2.05) is 6.92 Å². The first kappa shape index (κ1) is 19.8. The Morgan fingerprint density at radius 3 is 1.72 bits per heavy atom. The minimum atomic E-state index is -0.693. The predicted molar refractivity (Wildman–Crippen MR) is 78.8 cm³/mol. The molecule has 0 spiro atoms. The Morgan fingerprint density at radius 2 is 1.39 bits per heavy atom. The van der Waals surface area contributed by atoms with Gasteiger partial charge < -0.3 is 9.59 Å². The van der Waals surface area contributed by atoms with Crippen LogP contribution in [0, 0.1) is 0 Å². The van der Waals surface area contributed by atoms with Crippen molar-refractivity contribution in [1.29, 1.82) is 0 Å². The Bertz CT molecular complexity index is 185. The van der Waals surface area contributed by atoms with Crippen LogP contribution in [0.1, 0.15) is 65.2 Å². The maximum atomic E-state index is 9.76. The predicted octanol–water partition coefficient (Wildman–Crippen LogP) is 3.92. The van der Waals surface area contributed by atoms with Crippen molar-refractivity contribution in [2.24, 2.45) is 0 Å². The fourth-order valence-electron chi connectivity index (χ4n) is 1.52. The molecule has 0 rings (SSSR count). The molecule has 0 bridgehead atoms. The van der Waals surface area contributed by atoms with Gasteiger partial charge in [-0.3, -0.25) is 4.79 Å². The van der Waals surface area contributed by atoms with E-state index in [4.69, 9.17) is 5.11 Å². The Hall–Kier alpha value is -0.570. The van der Waals surface area contributed by atoms with Gasteiger partial charge in [-0.15, -0.1) is 0 Å². The van der Waals surface area contributed by atoms with Crippen molar-refractivity contribution in [3.8, 4) is 0 Å². The van der Waals surface area contributed by atoms with Crippen LogP contribution in [0.25, 0.3) is 0 Å². The van der Waals surface area contributed by atoms with Crippen molar-refractivity contribution in [3.63, 3.8) is 0 Å². The molecule has 0 saturated carbocycles. The molecule has 0 aliphatic carbocycles. The first-order valence-corrected chi connectivity index (χ1v) is 7.35. The number of carbonyl (C=O) groups is 1. The molecule has 0 aromatic rings. The minimum absolute atomic E-state index is 0.316. The van der Waals surface area contributed by atoms with Gasteiger partial charge in [0.2, 0.25) is 0 Å². The quantitative estimate of drug-likeness (QED) is 0.504. The Morgan fingerprint density at radius 1 is 0.889 bits per heavy atom. The monoisotopic (exact) mass is 260 g/mol. The maximum Gasteiger partial charge on any atom is 0.303 e. The molecule has 110 valence electrons. The number of carboxylic acids is 1. The standard InChI is InChI=1S/C10H24N.C5H10O2/c1-5-6-7-8-9-10-11(2,3)4;1-2-3-4-5(6)7/h5-10H2,1-4H3;2-4H2,1H3,(H,6,7)/q+1;. The summed E-state index contributed by atoms with van der Waals surface area (Å²) in [5, 5.41) is 8.04. The molecule has 0 heterocycles. The van der Waals surface area contributed by atoms with Crippen LogP contribution < -0.4 is 0 Å². The van der Waals surface area contributed by atoms with Gasteiger partial charge in [0, 0.05) is 6.42 Å². The maximum absolute atomic E-state index is 9.76. The summed E-state index contributed by atoms with van der Waals surface area (Å²) in [5.74, 6) is -0.693. The molecule has 0 saturated heterocycles. The molecule has 0 aliphatic rings. The number of hydrogen-bond donors (Lipinski definition) is 1. The normalized spacial score (nSPS) is 10.7. The SMILES string of the molecule is CCCCC(=O)O.CCCCCCC[N+](C)(C)C. The van der Waals surface area contributed by atoms with E-state index in [2.05, 4.69) is 28.1 Å². The van der Waals surface area contributed by atoms with Crippen LogP contribution in [-0.2, 0) is 4.79 Å². The highest BCUT2D eigenvalue weighted by Crippen LogP contribution is 2.04. The highest BCUT2D eigenvalue weighted by atomic mass is 16.4. The summed E-state index contributed by atoms with van der Waals surface area (Å²) in [6.45, 7) is 5.56. The second-order valence-corrected chi connectivity index (χ2v) is 5.93. The minimum Gasteiger partial charge on any atom is -0.481 e. The second kappa shape index (κ2) is 12.9. The zero-order valence-corrected chi connectivity index (χ0v) is 13.2. The molecule has 18 heavy (non-hydrogen) atoms. The van der Waals surface area contributed by atoms with E-state index in [0.717, 1.165) is 17.3 Å².